The molecule has 124 valence electrons. The van der Waals surface area contributed by atoms with Gasteiger partial charge in [-0.15, -0.1) is 10.2 Å². The van der Waals surface area contributed by atoms with Gasteiger partial charge in [-0.05, 0) is 18.6 Å². The third-order valence-corrected chi connectivity index (χ3v) is 4.06. The molecule has 1 aromatic heterocycles. The molecule has 0 saturated carbocycles. The van der Waals surface area contributed by atoms with Crippen LogP contribution in [0, 0.1) is 0 Å². The number of nitrogens with zero attached hydrogens (tertiary/aromatic N) is 2. The molecule has 2 aromatic rings. The van der Waals surface area contributed by atoms with Gasteiger partial charge in [-0.2, -0.15) is 13.2 Å². The summed E-state index contributed by atoms with van der Waals surface area (Å²) in [6.07, 6.45) is -0.715. The van der Waals surface area contributed by atoms with E-state index in [0.29, 0.717) is 0 Å². The Balaban J connectivity index is 2.08. The lowest BCUT2D eigenvalue weighted by atomic mass is 10.1. The Kier molecular flexibility index (Phi) is 5.70. The van der Waals surface area contributed by atoms with Crippen molar-refractivity contribution < 1.29 is 18.0 Å². The lowest BCUT2D eigenvalue weighted by Gasteiger charge is -2.11. The van der Waals surface area contributed by atoms with Gasteiger partial charge in [0, 0.05) is 6.42 Å². The number of amides is 1. The predicted molar refractivity (Wildman–Crippen MR) is 82.5 cm³/mol. The molecule has 0 aliphatic rings. The van der Waals surface area contributed by atoms with Crippen molar-refractivity contribution in [3.63, 3.8) is 0 Å². The van der Waals surface area contributed by atoms with Crippen molar-refractivity contribution in [2.45, 2.75) is 38.8 Å². The summed E-state index contributed by atoms with van der Waals surface area (Å²) in [7, 11) is 0. The molecule has 1 amide bonds. The molecule has 1 N–H and O–H groups in total. The minimum atomic E-state index is -4.58. The van der Waals surface area contributed by atoms with E-state index in [2.05, 4.69) is 22.4 Å². The Hall–Kier alpha value is -1.96. The highest BCUT2D eigenvalue weighted by atomic mass is 32.1. The van der Waals surface area contributed by atoms with Gasteiger partial charge >= 0.3 is 6.18 Å². The van der Waals surface area contributed by atoms with E-state index in [1.54, 1.807) is 0 Å². The minimum Gasteiger partial charge on any atom is -0.296 e. The van der Waals surface area contributed by atoms with E-state index in [1.807, 2.05) is 0 Å². The quantitative estimate of drug-likeness (QED) is 0.783. The highest BCUT2D eigenvalue weighted by Gasteiger charge is 2.34. The van der Waals surface area contributed by atoms with E-state index < -0.39 is 23.2 Å². The molecule has 4 nitrogen and oxygen atoms in total. The molecule has 0 spiro atoms. The second-order valence-electron chi connectivity index (χ2n) is 4.96. The third kappa shape index (κ3) is 4.75. The minimum absolute atomic E-state index is 0.207. The number of halogens is 3. The van der Waals surface area contributed by atoms with E-state index in [4.69, 9.17) is 0 Å². The third-order valence-electron chi connectivity index (χ3n) is 3.16. The fourth-order valence-corrected chi connectivity index (χ4v) is 2.80. The first-order chi connectivity index (χ1) is 10.9. The molecule has 0 aliphatic heterocycles. The maximum absolute atomic E-state index is 12.9. The van der Waals surface area contributed by atoms with Crippen LogP contribution < -0.4 is 5.32 Å². The number of hydrogen-bond donors (Lipinski definition) is 1. The topological polar surface area (TPSA) is 54.9 Å². The first-order valence-electron chi connectivity index (χ1n) is 7.21. The number of nitrogens with one attached hydrogen (secondary N) is 1. The average Bonchev–Trinajstić information content (AvgIpc) is 2.94. The zero-order valence-electron chi connectivity index (χ0n) is 12.5. The van der Waals surface area contributed by atoms with Crippen molar-refractivity contribution >= 4 is 22.4 Å². The van der Waals surface area contributed by atoms with Crippen LogP contribution in [0.1, 0.15) is 47.1 Å². The summed E-state index contributed by atoms with van der Waals surface area (Å²) in [5.41, 5.74) is -1.40. The number of carbonyl (C=O) groups excluding carboxylic acids is 1. The fourth-order valence-electron chi connectivity index (χ4n) is 2.02. The fraction of sp³-hybridized carbons (Fsp3) is 0.400. The van der Waals surface area contributed by atoms with Crippen LogP contribution in [0.3, 0.4) is 0 Å². The van der Waals surface area contributed by atoms with E-state index in [0.717, 1.165) is 42.8 Å². The van der Waals surface area contributed by atoms with Gasteiger partial charge in [-0.1, -0.05) is 43.2 Å². The summed E-state index contributed by atoms with van der Waals surface area (Å²) in [5, 5.41) is 11.1. The summed E-state index contributed by atoms with van der Waals surface area (Å²) < 4.78 is 38.8. The molecule has 0 atom stereocenters. The Labute approximate surface area is 135 Å². The summed E-state index contributed by atoms with van der Waals surface area (Å²) in [5.74, 6) is -0.839. The Bertz CT molecular complexity index is 670. The van der Waals surface area contributed by atoms with Crippen LogP contribution in [-0.4, -0.2) is 16.1 Å². The Morgan fingerprint density at radius 2 is 1.96 bits per heavy atom. The monoisotopic (exact) mass is 343 g/mol. The van der Waals surface area contributed by atoms with Crippen molar-refractivity contribution in [3.8, 4) is 0 Å². The van der Waals surface area contributed by atoms with Gasteiger partial charge in [0.25, 0.3) is 5.91 Å². The first kappa shape index (κ1) is 17.4. The summed E-state index contributed by atoms with van der Waals surface area (Å²) in [6, 6.07) is 4.66. The highest BCUT2D eigenvalue weighted by molar-refractivity contribution is 7.15. The molecular weight excluding hydrogens is 327 g/mol. The number of aryl methyl sites for hydroxylation is 1. The number of rotatable bonds is 6. The molecule has 1 aromatic carbocycles. The van der Waals surface area contributed by atoms with Crippen LogP contribution in [-0.2, 0) is 12.6 Å². The van der Waals surface area contributed by atoms with Crippen molar-refractivity contribution in [2.75, 3.05) is 5.32 Å². The van der Waals surface area contributed by atoms with E-state index in [9.17, 15) is 18.0 Å². The van der Waals surface area contributed by atoms with Gasteiger partial charge in [-0.3, -0.25) is 10.1 Å². The van der Waals surface area contributed by atoms with Crippen LogP contribution in [0.25, 0.3) is 0 Å². The number of carbonyl (C=O) groups is 1. The molecule has 0 saturated heterocycles. The smallest absolute Gasteiger partial charge is 0.296 e. The van der Waals surface area contributed by atoms with Crippen molar-refractivity contribution in [3.05, 3.63) is 40.4 Å². The predicted octanol–water partition coefficient (Wildman–Crippen LogP) is 4.54. The molecule has 2 rings (SSSR count). The van der Waals surface area contributed by atoms with Gasteiger partial charge in [0.2, 0.25) is 5.13 Å². The largest absolute Gasteiger partial charge is 0.417 e. The molecule has 0 fully saturated rings. The van der Waals surface area contributed by atoms with E-state index >= 15 is 0 Å². The van der Waals surface area contributed by atoms with Crippen LogP contribution in [0.5, 0.6) is 0 Å². The Morgan fingerprint density at radius 3 is 2.65 bits per heavy atom. The molecule has 0 aliphatic carbocycles. The van der Waals surface area contributed by atoms with Crippen LogP contribution in [0.2, 0.25) is 0 Å². The average molecular weight is 343 g/mol. The number of anilines is 1. The first-order valence-corrected chi connectivity index (χ1v) is 8.03. The number of aromatic nitrogens is 2. The number of hydrogen-bond acceptors (Lipinski definition) is 4. The highest BCUT2D eigenvalue weighted by Crippen LogP contribution is 2.32. The van der Waals surface area contributed by atoms with Gasteiger partial charge in [0.05, 0.1) is 11.1 Å². The zero-order chi connectivity index (χ0) is 16.9. The van der Waals surface area contributed by atoms with Crippen LogP contribution >= 0.6 is 11.3 Å². The molecule has 8 heteroatoms. The molecule has 0 bridgehead atoms. The second kappa shape index (κ2) is 7.54. The van der Waals surface area contributed by atoms with Crippen molar-refractivity contribution in [2.24, 2.45) is 0 Å². The summed E-state index contributed by atoms with van der Waals surface area (Å²) >= 11 is 1.18. The van der Waals surface area contributed by atoms with Gasteiger partial charge in [0.1, 0.15) is 5.01 Å². The number of alkyl halides is 3. The van der Waals surface area contributed by atoms with Gasteiger partial charge < -0.3 is 0 Å². The zero-order valence-corrected chi connectivity index (χ0v) is 13.3. The molecule has 1 heterocycles. The van der Waals surface area contributed by atoms with Crippen molar-refractivity contribution in [1.29, 1.82) is 0 Å². The molecule has 0 radical (unpaired) electrons. The molecule has 23 heavy (non-hydrogen) atoms. The number of unbranched alkanes of at least 4 members (excludes halogenated alkanes) is 2. The lowest BCUT2D eigenvalue weighted by Crippen LogP contribution is -2.18. The van der Waals surface area contributed by atoms with Crippen molar-refractivity contribution in [1.82, 2.24) is 10.2 Å². The maximum atomic E-state index is 12.9. The van der Waals surface area contributed by atoms with Crippen LogP contribution in [0.4, 0.5) is 18.3 Å². The summed E-state index contributed by atoms with van der Waals surface area (Å²) in [6.45, 7) is 2.09. The molecular formula is C15H16F3N3OS. The standard InChI is InChI=1S/C15H16F3N3OS/c1-2-3-4-9-12-20-21-14(23-12)19-13(22)10-7-5-6-8-11(10)15(16,17)18/h5-8H,2-4,9H2,1H3,(H,19,21,22). The maximum Gasteiger partial charge on any atom is 0.417 e. The summed E-state index contributed by atoms with van der Waals surface area (Å²) in [4.78, 5) is 12.1. The van der Waals surface area contributed by atoms with E-state index in [-0.39, 0.29) is 5.13 Å². The second-order valence-corrected chi connectivity index (χ2v) is 6.02. The Morgan fingerprint density at radius 1 is 1.22 bits per heavy atom. The normalized spacial score (nSPS) is 11.5. The number of benzene rings is 1. The van der Waals surface area contributed by atoms with E-state index in [1.165, 1.54) is 23.5 Å². The van der Waals surface area contributed by atoms with Gasteiger partial charge in [-0.25, -0.2) is 0 Å². The van der Waals surface area contributed by atoms with Gasteiger partial charge in [0.15, 0.2) is 0 Å². The lowest BCUT2D eigenvalue weighted by molar-refractivity contribution is -0.137. The molecule has 0 unspecified atom stereocenters. The SMILES string of the molecule is CCCCCc1nnc(NC(=O)c2ccccc2C(F)(F)F)s1. The van der Waals surface area contributed by atoms with Crippen LogP contribution in [0.15, 0.2) is 24.3 Å².